The minimum absolute atomic E-state index is 0.348. The second-order valence-corrected chi connectivity index (χ2v) is 8.32. The first-order valence-corrected chi connectivity index (χ1v) is 11.1. The fourth-order valence-electron chi connectivity index (χ4n) is 4.48. The van der Waals surface area contributed by atoms with Gasteiger partial charge in [0.25, 0.3) is 0 Å². The van der Waals surface area contributed by atoms with E-state index in [4.69, 9.17) is 0 Å². The van der Waals surface area contributed by atoms with Gasteiger partial charge in [-0.25, -0.2) is 0 Å². The molecule has 3 nitrogen and oxygen atoms in total. The van der Waals surface area contributed by atoms with Crippen molar-refractivity contribution in [2.75, 3.05) is 26.2 Å². The molecule has 6 rings (SSSR count). The number of carbonyl (C=O) groups excluding carboxylic acids is 1. The van der Waals surface area contributed by atoms with Crippen LogP contribution >= 0.6 is 0 Å². The zero-order chi connectivity index (χ0) is 19.9. The first-order chi connectivity index (χ1) is 14.3. The van der Waals surface area contributed by atoms with Crippen LogP contribution in [0.1, 0.15) is 47.9 Å². The van der Waals surface area contributed by atoms with Crippen LogP contribution in [-0.4, -0.2) is 36.9 Å². The maximum atomic E-state index is 10.9. The molecule has 3 heteroatoms. The number of fused-ring (bicyclic) bond motifs is 2. The van der Waals surface area contributed by atoms with Crippen molar-refractivity contribution in [3.05, 3.63) is 76.5 Å². The summed E-state index contributed by atoms with van der Waals surface area (Å²) in [5.41, 5.74) is 6.88. The first-order valence-electron chi connectivity index (χ1n) is 11.1. The van der Waals surface area contributed by atoms with Gasteiger partial charge in [-0.15, -0.1) is 0 Å². The first kappa shape index (κ1) is 19.9. The number of rotatable bonds is 1. The van der Waals surface area contributed by atoms with Crippen LogP contribution < -0.4 is 5.32 Å². The highest BCUT2D eigenvalue weighted by atomic mass is 16.1. The molecule has 0 amide bonds. The molecule has 2 fully saturated rings. The Hall–Kier alpha value is -2.39. The predicted molar refractivity (Wildman–Crippen MR) is 120 cm³/mol. The van der Waals surface area contributed by atoms with Crippen LogP contribution in [0, 0.1) is 0 Å². The molecule has 0 unspecified atom stereocenters. The van der Waals surface area contributed by atoms with Crippen LogP contribution in [0.3, 0.4) is 0 Å². The van der Waals surface area contributed by atoms with Crippen molar-refractivity contribution in [1.82, 2.24) is 10.2 Å². The zero-order valence-electron chi connectivity index (χ0n) is 17.3. The topological polar surface area (TPSA) is 32.3 Å². The van der Waals surface area contributed by atoms with Crippen LogP contribution in [0.5, 0.6) is 0 Å². The number of nitrogens with one attached hydrogen (secondary N) is 1. The summed E-state index contributed by atoms with van der Waals surface area (Å²) in [6.07, 6.45) is 10.3. The average Bonchev–Trinajstić information content (AvgIpc) is 3.55. The van der Waals surface area contributed by atoms with Gasteiger partial charge in [0.1, 0.15) is 5.78 Å². The molecule has 0 aromatic heterocycles. The summed E-state index contributed by atoms with van der Waals surface area (Å²) in [5, 5.41) is 3.22. The molecule has 29 heavy (non-hydrogen) atoms. The van der Waals surface area contributed by atoms with Crippen LogP contribution in [-0.2, 0) is 24.1 Å². The quantitative estimate of drug-likeness (QED) is 0.786. The van der Waals surface area contributed by atoms with Crippen molar-refractivity contribution in [2.45, 2.75) is 44.9 Å². The molecule has 0 spiro atoms. The van der Waals surface area contributed by atoms with E-state index in [-0.39, 0.29) is 0 Å². The van der Waals surface area contributed by atoms with Gasteiger partial charge < -0.3 is 10.2 Å². The van der Waals surface area contributed by atoms with E-state index < -0.39 is 0 Å². The van der Waals surface area contributed by atoms with Crippen molar-refractivity contribution in [3.8, 4) is 0 Å². The van der Waals surface area contributed by atoms with Gasteiger partial charge in [0.15, 0.2) is 0 Å². The van der Waals surface area contributed by atoms with Crippen LogP contribution in [0.2, 0.25) is 0 Å². The number of carbonyl (C=O) groups is 1. The molecule has 2 aliphatic heterocycles. The summed E-state index contributed by atoms with van der Waals surface area (Å²) < 4.78 is 0. The lowest BCUT2D eigenvalue weighted by atomic mass is 10.1. The second-order valence-electron chi connectivity index (χ2n) is 8.32. The van der Waals surface area contributed by atoms with Gasteiger partial charge in [-0.3, -0.25) is 4.79 Å². The number of benzene rings is 2. The number of ketones is 1. The van der Waals surface area contributed by atoms with Gasteiger partial charge >= 0.3 is 0 Å². The molecule has 0 saturated carbocycles. The fourth-order valence-corrected chi connectivity index (χ4v) is 4.48. The summed E-state index contributed by atoms with van der Waals surface area (Å²) in [5.74, 6) is 0.348. The molecular formula is C26H32N2O. The monoisotopic (exact) mass is 388 g/mol. The van der Waals surface area contributed by atoms with Gasteiger partial charge in [0.2, 0.25) is 0 Å². The minimum atomic E-state index is 0.348. The Bertz CT molecular complexity index is 826. The molecule has 2 heterocycles. The van der Waals surface area contributed by atoms with Crippen LogP contribution in [0.4, 0.5) is 0 Å². The maximum absolute atomic E-state index is 10.9. The van der Waals surface area contributed by atoms with E-state index in [2.05, 4.69) is 40.6 Å². The van der Waals surface area contributed by atoms with Gasteiger partial charge in [-0.05, 0) is 67.1 Å². The lowest BCUT2D eigenvalue weighted by molar-refractivity contribution is -0.117. The Balaban J connectivity index is 0.000000119. The van der Waals surface area contributed by atoms with Crippen molar-refractivity contribution in [1.29, 1.82) is 0 Å². The van der Waals surface area contributed by atoms with Crippen molar-refractivity contribution in [3.63, 3.8) is 0 Å². The highest BCUT2D eigenvalue weighted by Gasteiger charge is 2.19. The Morgan fingerprint density at radius 1 is 0.690 bits per heavy atom. The third-order valence-electron chi connectivity index (χ3n) is 6.11. The van der Waals surface area contributed by atoms with Crippen LogP contribution in [0.25, 0.3) is 6.08 Å². The molecule has 152 valence electrons. The Labute approximate surface area is 174 Å². The van der Waals surface area contributed by atoms with Crippen molar-refractivity contribution >= 4 is 11.9 Å². The highest BCUT2D eigenvalue weighted by Crippen LogP contribution is 2.28. The minimum Gasteiger partial charge on any atom is -0.375 e. The van der Waals surface area contributed by atoms with E-state index in [1.165, 1.54) is 79.8 Å². The van der Waals surface area contributed by atoms with E-state index in [9.17, 15) is 4.79 Å². The normalized spacial score (nSPS) is 19.0. The van der Waals surface area contributed by atoms with E-state index in [0.717, 1.165) is 6.42 Å². The van der Waals surface area contributed by atoms with Gasteiger partial charge in [-0.1, -0.05) is 48.5 Å². The third-order valence-corrected chi connectivity index (χ3v) is 6.11. The van der Waals surface area contributed by atoms with E-state index in [1.54, 1.807) is 0 Å². The summed E-state index contributed by atoms with van der Waals surface area (Å²) >= 11 is 0. The average molecular weight is 389 g/mol. The smallest absolute Gasteiger partial charge is 0.141 e. The van der Waals surface area contributed by atoms with Crippen LogP contribution in [0.15, 0.2) is 54.2 Å². The zero-order valence-corrected chi connectivity index (χ0v) is 17.3. The van der Waals surface area contributed by atoms with Gasteiger partial charge in [0, 0.05) is 38.0 Å². The Kier molecular flexibility index (Phi) is 6.79. The van der Waals surface area contributed by atoms with Crippen molar-refractivity contribution < 1.29 is 4.79 Å². The summed E-state index contributed by atoms with van der Waals surface area (Å²) in [6, 6.07) is 16.8. The fraction of sp³-hybridized carbons (Fsp3) is 0.423. The number of allylic oxidation sites excluding steroid dienone is 1. The lowest BCUT2D eigenvalue weighted by Gasteiger charge is -2.18. The SMILES string of the molecule is C1=C(N2CCCC2)Cc2ccccc21.C1CCNC1.O=C1Cc2ccccc2C1. The molecular weight excluding hydrogens is 356 g/mol. The molecule has 0 atom stereocenters. The number of hydrogen-bond donors (Lipinski definition) is 1. The standard InChI is InChI=1S/C13H15N.C9H8O.C4H9N/c1-2-6-12-10-13(9-11(12)5-1)14-7-3-4-8-14;10-9-5-7-3-1-2-4-8(7)6-9;1-2-4-5-3-1/h1-2,5-6,9H,3-4,7-8,10H2;1-4H,5-6H2;5H,1-4H2. The Morgan fingerprint density at radius 3 is 1.83 bits per heavy atom. The summed E-state index contributed by atoms with van der Waals surface area (Å²) in [6.45, 7) is 5.03. The highest BCUT2D eigenvalue weighted by molar-refractivity contribution is 5.87. The van der Waals surface area contributed by atoms with Gasteiger partial charge in [0.05, 0.1) is 0 Å². The molecule has 0 radical (unpaired) electrons. The number of Topliss-reactive ketones (excluding diaryl/α,β-unsaturated/α-hetero) is 1. The third kappa shape index (κ3) is 5.36. The number of nitrogens with zero attached hydrogens (tertiary/aromatic N) is 1. The Morgan fingerprint density at radius 2 is 1.28 bits per heavy atom. The molecule has 2 aromatic carbocycles. The van der Waals surface area contributed by atoms with E-state index >= 15 is 0 Å². The number of hydrogen-bond acceptors (Lipinski definition) is 3. The molecule has 0 bridgehead atoms. The molecule has 2 aliphatic carbocycles. The second kappa shape index (κ2) is 9.89. The van der Waals surface area contributed by atoms with E-state index in [0.29, 0.717) is 18.6 Å². The largest absolute Gasteiger partial charge is 0.375 e. The summed E-state index contributed by atoms with van der Waals surface area (Å²) in [7, 11) is 0. The molecule has 1 N–H and O–H groups in total. The molecule has 2 saturated heterocycles. The van der Waals surface area contributed by atoms with Gasteiger partial charge in [-0.2, -0.15) is 0 Å². The summed E-state index contributed by atoms with van der Waals surface area (Å²) in [4.78, 5) is 13.4. The van der Waals surface area contributed by atoms with Crippen molar-refractivity contribution in [2.24, 2.45) is 0 Å². The molecule has 4 aliphatic rings. The molecule has 2 aromatic rings. The number of likely N-dealkylation sites (tertiary alicyclic amines) is 1. The lowest BCUT2D eigenvalue weighted by Crippen LogP contribution is -2.18. The van der Waals surface area contributed by atoms with E-state index in [1.807, 2.05) is 24.3 Å². The maximum Gasteiger partial charge on any atom is 0.141 e. The predicted octanol–water partition coefficient (Wildman–Crippen LogP) is 4.40.